The van der Waals surface area contributed by atoms with Gasteiger partial charge in [0.15, 0.2) is 0 Å². The Bertz CT molecular complexity index is 336. The van der Waals surface area contributed by atoms with E-state index >= 15 is 0 Å². The predicted octanol–water partition coefficient (Wildman–Crippen LogP) is 2.65. The Balaban J connectivity index is 1.71. The number of aryl methyl sites for hydroxylation is 1. The lowest BCUT2D eigenvalue weighted by Crippen LogP contribution is -2.51. The minimum absolute atomic E-state index is 0.760. The second-order valence-electron chi connectivity index (χ2n) is 5.43. The zero-order chi connectivity index (χ0) is 12.8. The molecule has 0 amide bonds. The van der Waals surface area contributed by atoms with Gasteiger partial charge in [-0.25, -0.2) is 0 Å². The molecule has 0 aromatic heterocycles. The maximum absolute atomic E-state index is 2.64. The van der Waals surface area contributed by atoms with Gasteiger partial charge >= 0.3 is 0 Å². The molecule has 1 aliphatic heterocycles. The third kappa shape index (κ3) is 3.82. The van der Waals surface area contributed by atoms with E-state index in [1.165, 1.54) is 51.0 Å². The Morgan fingerprint density at radius 3 is 2.67 bits per heavy atom. The number of hydrogen-bond donors (Lipinski definition) is 0. The topological polar surface area (TPSA) is 6.48 Å². The van der Waals surface area contributed by atoms with Gasteiger partial charge in [0, 0.05) is 25.7 Å². The zero-order valence-corrected chi connectivity index (χ0v) is 11.8. The smallest absolute Gasteiger partial charge is 0.0218 e. The second-order valence-corrected chi connectivity index (χ2v) is 5.43. The van der Waals surface area contributed by atoms with Crippen LogP contribution in [0.25, 0.3) is 0 Å². The van der Waals surface area contributed by atoms with Crippen molar-refractivity contribution in [2.45, 2.75) is 32.2 Å². The number of benzene rings is 1. The number of hydrogen-bond acceptors (Lipinski definition) is 2. The van der Waals surface area contributed by atoms with Crippen LogP contribution in [0.15, 0.2) is 30.3 Å². The van der Waals surface area contributed by atoms with Crippen LogP contribution in [-0.4, -0.2) is 49.1 Å². The second kappa shape index (κ2) is 6.91. The molecule has 0 N–H and O–H groups in total. The van der Waals surface area contributed by atoms with Crippen molar-refractivity contribution < 1.29 is 0 Å². The van der Waals surface area contributed by atoms with E-state index in [-0.39, 0.29) is 0 Å². The molecule has 1 fully saturated rings. The summed E-state index contributed by atoms with van der Waals surface area (Å²) in [6, 6.07) is 11.6. The van der Waals surface area contributed by atoms with Crippen molar-refractivity contribution in [2.75, 3.05) is 33.2 Å². The average Bonchev–Trinajstić information content (AvgIpc) is 2.42. The van der Waals surface area contributed by atoms with Crippen LogP contribution in [0.4, 0.5) is 0 Å². The fourth-order valence-corrected chi connectivity index (χ4v) is 2.81. The lowest BCUT2D eigenvalue weighted by Gasteiger charge is -2.39. The third-order valence-electron chi connectivity index (χ3n) is 4.12. The van der Waals surface area contributed by atoms with Gasteiger partial charge < -0.3 is 9.80 Å². The molecule has 0 radical (unpaired) electrons. The largest absolute Gasteiger partial charge is 0.301 e. The quantitative estimate of drug-likeness (QED) is 0.788. The molecule has 1 aromatic rings. The monoisotopic (exact) mass is 246 g/mol. The third-order valence-corrected chi connectivity index (χ3v) is 4.12. The number of piperazine rings is 1. The van der Waals surface area contributed by atoms with Gasteiger partial charge in [-0.2, -0.15) is 0 Å². The van der Waals surface area contributed by atoms with Crippen molar-refractivity contribution in [3.8, 4) is 0 Å². The van der Waals surface area contributed by atoms with Crippen molar-refractivity contribution in [3.05, 3.63) is 35.9 Å². The zero-order valence-electron chi connectivity index (χ0n) is 11.8. The normalized spacial score (nSPS) is 22.2. The summed E-state index contributed by atoms with van der Waals surface area (Å²) in [6.07, 6.45) is 3.76. The molecule has 1 aliphatic rings. The average molecular weight is 246 g/mol. The van der Waals surface area contributed by atoms with E-state index in [0.29, 0.717) is 0 Å². The molecule has 0 unspecified atom stereocenters. The first-order valence-corrected chi connectivity index (χ1v) is 7.26. The van der Waals surface area contributed by atoms with Gasteiger partial charge in [0.2, 0.25) is 0 Å². The highest BCUT2D eigenvalue weighted by Crippen LogP contribution is 2.11. The minimum atomic E-state index is 0.760. The molecule has 100 valence electrons. The van der Waals surface area contributed by atoms with E-state index in [1.807, 2.05) is 0 Å². The van der Waals surface area contributed by atoms with Crippen molar-refractivity contribution in [1.82, 2.24) is 9.80 Å². The van der Waals surface area contributed by atoms with Crippen LogP contribution >= 0.6 is 0 Å². The van der Waals surface area contributed by atoms with E-state index in [2.05, 4.69) is 54.1 Å². The summed E-state index contributed by atoms with van der Waals surface area (Å²) in [7, 11) is 2.26. The highest BCUT2D eigenvalue weighted by atomic mass is 15.3. The Labute approximate surface area is 112 Å². The molecule has 2 nitrogen and oxygen atoms in total. The van der Waals surface area contributed by atoms with Gasteiger partial charge in [0.1, 0.15) is 0 Å². The Morgan fingerprint density at radius 1 is 1.17 bits per heavy atom. The highest BCUT2D eigenvalue weighted by Gasteiger charge is 2.21. The first kappa shape index (κ1) is 13.6. The van der Waals surface area contributed by atoms with Crippen molar-refractivity contribution in [1.29, 1.82) is 0 Å². The molecular formula is C16H26N2. The molecule has 1 saturated heterocycles. The van der Waals surface area contributed by atoms with Crippen LogP contribution < -0.4 is 0 Å². The van der Waals surface area contributed by atoms with Gasteiger partial charge in [-0.05, 0) is 38.4 Å². The van der Waals surface area contributed by atoms with E-state index in [9.17, 15) is 0 Å². The summed E-state index contributed by atoms with van der Waals surface area (Å²) in [5, 5.41) is 0. The molecule has 0 aliphatic carbocycles. The van der Waals surface area contributed by atoms with E-state index in [0.717, 1.165) is 6.04 Å². The molecule has 2 rings (SSSR count). The summed E-state index contributed by atoms with van der Waals surface area (Å²) in [5.74, 6) is 0. The predicted molar refractivity (Wildman–Crippen MR) is 77.9 cm³/mol. The molecular weight excluding hydrogens is 220 g/mol. The fourth-order valence-electron chi connectivity index (χ4n) is 2.81. The van der Waals surface area contributed by atoms with E-state index < -0.39 is 0 Å². The maximum Gasteiger partial charge on any atom is 0.0218 e. The fraction of sp³-hybridized carbons (Fsp3) is 0.625. The molecule has 0 spiro atoms. The summed E-state index contributed by atoms with van der Waals surface area (Å²) in [6.45, 7) is 7.27. The van der Waals surface area contributed by atoms with Crippen LogP contribution in [0.1, 0.15) is 25.3 Å². The van der Waals surface area contributed by atoms with Crippen molar-refractivity contribution in [3.63, 3.8) is 0 Å². The van der Waals surface area contributed by atoms with Crippen LogP contribution in [0.3, 0.4) is 0 Å². The summed E-state index contributed by atoms with van der Waals surface area (Å²) in [5.41, 5.74) is 1.47. The maximum atomic E-state index is 2.64. The summed E-state index contributed by atoms with van der Waals surface area (Å²) >= 11 is 0. The first-order chi connectivity index (χ1) is 8.79. The molecule has 0 bridgehead atoms. The SMILES string of the molecule is CC[C@H]1CN(CCCc2ccccc2)CCN1C. The summed E-state index contributed by atoms with van der Waals surface area (Å²) < 4.78 is 0. The van der Waals surface area contributed by atoms with Crippen LogP contribution in [0.5, 0.6) is 0 Å². The standard InChI is InChI=1S/C16H26N2/c1-3-16-14-18(13-12-17(16)2)11-7-10-15-8-5-4-6-9-15/h4-6,8-9,16H,3,7,10-14H2,1-2H3/t16-/m0/s1. The number of nitrogens with zero attached hydrogens (tertiary/aromatic N) is 2. The molecule has 1 aromatic carbocycles. The van der Waals surface area contributed by atoms with Gasteiger partial charge in [0.25, 0.3) is 0 Å². The molecule has 2 heteroatoms. The minimum Gasteiger partial charge on any atom is -0.301 e. The van der Waals surface area contributed by atoms with Crippen LogP contribution in [-0.2, 0) is 6.42 Å². The van der Waals surface area contributed by atoms with Crippen molar-refractivity contribution >= 4 is 0 Å². The van der Waals surface area contributed by atoms with Gasteiger partial charge in [-0.3, -0.25) is 0 Å². The Hall–Kier alpha value is -0.860. The molecule has 0 saturated carbocycles. The Kier molecular flexibility index (Phi) is 5.21. The van der Waals surface area contributed by atoms with E-state index in [4.69, 9.17) is 0 Å². The first-order valence-electron chi connectivity index (χ1n) is 7.26. The summed E-state index contributed by atoms with van der Waals surface area (Å²) in [4.78, 5) is 5.14. The van der Waals surface area contributed by atoms with Crippen molar-refractivity contribution in [2.24, 2.45) is 0 Å². The lowest BCUT2D eigenvalue weighted by atomic mass is 10.1. The molecule has 18 heavy (non-hydrogen) atoms. The van der Waals surface area contributed by atoms with E-state index in [1.54, 1.807) is 0 Å². The number of rotatable bonds is 5. The van der Waals surface area contributed by atoms with Crippen LogP contribution in [0.2, 0.25) is 0 Å². The lowest BCUT2D eigenvalue weighted by molar-refractivity contribution is 0.0926. The Morgan fingerprint density at radius 2 is 1.94 bits per heavy atom. The molecule has 1 heterocycles. The van der Waals surface area contributed by atoms with Gasteiger partial charge in [-0.15, -0.1) is 0 Å². The highest BCUT2D eigenvalue weighted by molar-refractivity contribution is 5.14. The van der Waals surface area contributed by atoms with Gasteiger partial charge in [-0.1, -0.05) is 37.3 Å². The van der Waals surface area contributed by atoms with Gasteiger partial charge in [0.05, 0.1) is 0 Å². The molecule has 1 atom stereocenters. The number of likely N-dealkylation sites (N-methyl/N-ethyl adjacent to an activating group) is 1. The van der Waals surface area contributed by atoms with Crippen LogP contribution in [0, 0.1) is 0 Å².